The maximum atomic E-state index is 11.1. The third kappa shape index (κ3) is 4.82. The lowest BCUT2D eigenvalue weighted by atomic mass is 10.1. The molecule has 0 bridgehead atoms. The van der Waals surface area contributed by atoms with Crippen LogP contribution in [0, 0.1) is 6.92 Å². The zero-order valence-electron chi connectivity index (χ0n) is 15.7. The molecule has 3 N–H and O–H groups in total. The molecule has 6 nitrogen and oxygen atoms in total. The van der Waals surface area contributed by atoms with E-state index in [0.717, 1.165) is 29.0 Å². The number of rotatable bonds is 6. The summed E-state index contributed by atoms with van der Waals surface area (Å²) < 4.78 is 0. The maximum absolute atomic E-state index is 11.1. The highest BCUT2D eigenvalue weighted by Crippen LogP contribution is 2.25. The van der Waals surface area contributed by atoms with Gasteiger partial charge in [0.05, 0.1) is 0 Å². The second kappa shape index (κ2) is 8.31. The number of carbonyl (C=O) groups excluding carboxylic acids is 1. The summed E-state index contributed by atoms with van der Waals surface area (Å²) in [5.74, 6) is 1.13. The van der Waals surface area contributed by atoms with Gasteiger partial charge in [0, 0.05) is 30.2 Å². The molecule has 3 rings (SSSR count). The maximum Gasteiger partial charge on any atom is 0.229 e. The summed E-state index contributed by atoms with van der Waals surface area (Å²) in [5.41, 5.74) is 5.07. The lowest BCUT2D eigenvalue weighted by Gasteiger charge is -2.13. The van der Waals surface area contributed by atoms with Crippen molar-refractivity contribution in [3.63, 3.8) is 0 Å². The highest BCUT2D eigenvalue weighted by Gasteiger charge is 2.07. The van der Waals surface area contributed by atoms with Crippen molar-refractivity contribution in [3.05, 3.63) is 65.9 Å². The zero-order valence-corrected chi connectivity index (χ0v) is 15.7. The van der Waals surface area contributed by atoms with Gasteiger partial charge >= 0.3 is 0 Å². The van der Waals surface area contributed by atoms with Crippen LogP contribution in [0.15, 0.2) is 54.7 Å². The molecule has 0 saturated heterocycles. The van der Waals surface area contributed by atoms with Crippen LogP contribution >= 0.6 is 0 Å². The first-order valence-corrected chi connectivity index (χ1v) is 8.88. The topological polar surface area (TPSA) is 78.9 Å². The van der Waals surface area contributed by atoms with E-state index < -0.39 is 0 Å². The van der Waals surface area contributed by atoms with E-state index in [-0.39, 0.29) is 5.91 Å². The van der Waals surface area contributed by atoms with Gasteiger partial charge < -0.3 is 16.0 Å². The Labute approximate surface area is 159 Å². The predicted octanol–water partition coefficient (Wildman–Crippen LogP) is 4.79. The number of hydrogen-bond acceptors (Lipinski definition) is 5. The van der Waals surface area contributed by atoms with E-state index in [1.807, 2.05) is 30.3 Å². The number of nitrogens with zero attached hydrogens (tertiary/aromatic N) is 2. The van der Waals surface area contributed by atoms with Crippen molar-refractivity contribution in [1.29, 1.82) is 0 Å². The van der Waals surface area contributed by atoms with Crippen LogP contribution in [0.2, 0.25) is 0 Å². The van der Waals surface area contributed by atoms with Gasteiger partial charge in [0.25, 0.3) is 0 Å². The van der Waals surface area contributed by atoms with E-state index in [1.54, 1.807) is 6.20 Å². The number of aryl methyl sites for hydroxylation is 2. The molecule has 0 aliphatic carbocycles. The van der Waals surface area contributed by atoms with Crippen molar-refractivity contribution in [2.75, 3.05) is 16.0 Å². The average Bonchev–Trinajstić information content (AvgIpc) is 2.65. The predicted molar refractivity (Wildman–Crippen MR) is 110 cm³/mol. The Morgan fingerprint density at radius 2 is 1.74 bits per heavy atom. The summed E-state index contributed by atoms with van der Waals surface area (Å²) in [5, 5.41) is 9.33. The average molecular weight is 361 g/mol. The molecule has 0 atom stereocenters. The molecule has 6 heteroatoms. The Morgan fingerprint density at radius 1 is 1.00 bits per heavy atom. The highest BCUT2D eigenvalue weighted by molar-refractivity contribution is 5.88. The number of carbonyl (C=O) groups is 1. The molecule has 1 heterocycles. The van der Waals surface area contributed by atoms with Gasteiger partial charge in [-0.1, -0.05) is 25.1 Å². The zero-order chi connectivity index (χ0) is 19.2. The number of amides is 1. The summed E-state index contributed by atoms with van der Waals surface area (Å²) in [6.45, 7) is 5.68. The minimum absolute atomic E-state index is 0.0927. The number of anilines is 5. The van der Waals surface area contributed by atoms with Crippen LogP contribution < -0.4 is 16.0 Å². The fourth-order valence-corrected chi connectivity index (χ4v) is 2.79. The molecule has 2 aromatic carbocycles. The van der Waals surface area contributed by atoms with E-state index >= 15 is 0 Å². The van der Waals surface area contributed by atoms with Crippen molar-refractivity contribution in [1.82, 2.24) is 9.97 Å². The van der Waals surface area contributed by atoms with Crippen molar-refractivity contribution < 1.29 is 4.79 Å². The number of para-hydroxylation sites is 1. The molecule has 0 saturated carbocycles. The van der Waals surface area contributed by atoms with Crippen molar-refractivity contribution in [2.24, 2.45) is 0 Å². The summed E-state index contributed by atoms with van der Waals surface area (Å²) >= 11 is 0. The Bertz CT molecular complexity index is 938. The fourth-order valence-electron chi connectivity index (χ4n) is 2.79. The first kappa shape index (κ1) is 18.4. The molecular formula is C21H23N5O. The fraction of sp³-hybridized carbons (Fsp3) is 0.190. The minimum atomic E-state index is -0.0927. The first-order chi connectivity index (χ1) is 13.0. The summed E-state index contributed by atoms with van der Waals surface area (Å²) in [4.78, 5) is 20.0. The second-order valence-electron chi connectivity index (χ2n) is 6.24. The number of benzene rings is 2. The monoisotopic (exact) mass is 361 g/mol. The standard InChI is InChI=1S/C21H23N5O/c1-4-16-7-5-6-14(2)20(16)26-21-22-13-12-19(25-21)24-18-10-8-17(9-11-18)23-15(3)27/h5-13H,4H2,1-3H3,(H,23,27)(H2,22,24,25,26). The molecule has 1 amide bonds. The van der Waals surface area contributed by atoms with Crippen LogP contribution in [0.4, 0.5) is 28.8 Å². The summed E-state index contributed by atoms with van der Waals surface area (Å²) in [6, 6.07) is 15.5. The lowest BCUT2D eigenvalue weighted by Crippen LogP contribution is -2.05. The third-order valence-electron chi connectivity index (χ3n) is 4.11. The lowest BCUT2D eigenvalue weighted by molar-refractivity contribution is -0.114. The summed E-state index contributed by atoms with van der Waals surface area (Å²) in [7, 11) is 0. The Kier molecular flexibility index (Phi) is 5.66. The molecule has 138 valence electrons. The molecule has 1 aromatic heterocycles. The number of hydrogen-bond donors (Lipinski definition) is 3. The van der Waals surface area contributed by atoms with Gasteiger partial charge in [-0.05, 0) is 54.8 Å². The van der Waals surface area contributed by atoms with Crippen LogP contribution in [0.3, 0.4) is 0 Å². The van der Waals surface area contributed by atoms with Crippen molar-refractivity contribution in [3.8, 4) is 0 Å². The van der Waals surface area contributed by atoms with Gasteiger partial charge in [0.1, 0.15) is 5.82 Å². The molecule has 0 aliphatic rings. The molecule has 27 heavy (non-hydrogen) atoms. The van der Waals surface area contributed by atoms with Crippen LogP contribution in [-0.4, -0.2) is 15.9 Å². The molecule has 0 spiro atoms. The van der Waals surface area contributed by atoms with E-state index in [2.05, 4.69) is 58.0 Å². The Balaban J connectivity index is 1.75. The van der Waals surface area contributed by atoms with Gasteiger partial charge in [-0.25, -0.2) is 4.98 Å². The van der Waals surface area contributed by atoms with Crippen molar-refractivity contribution >= 4 is 34.7 Å². The quantitative estimate of drug-likeness (QED) is 0.588. The van der Waals surface area contributed by atoms with E-state index in [0.29, 0.717) is 11.8 Å². The van der Waals surface area contributed by atoms with Gasteiger partial charge in [-0.3, -0.25) is 4.79 Å². The summed E-state index contributed by atoms with van der Waals surface area (Å²) in [6.07, 6.45) is 2.65. The van der Waals surface area contributed by atoms with E-state index in [1.165, 1.54) is 12.5 Å². The van der Waals surface area contributed by atoms with Gasteiger partial charge in [0.15, 0.2) is 0 Å². The Hall–Kier alpha value is -3.41. The van der Waals surface area contributed by atoms with Crippen molar-refractivity contribution in [2.45, 2.75) is 27.2 Å². The molecule has 0 radical (unpaired) electrons. The SMILES string of the molecule is CCc1cccc(C)c1Nc1nccc(Nc2ccc(NC(C)=O)cc2)n1. The van der Waals surface area contributed by atoms with Gasteiger partial charge in [0.2, 0.25) is 11.9 Å². The van der Waals surface area contributed by atoms with E-state index in [9.17, 15) is 4.79 Å². The van der Waals surface area contributed by atoms with Crippen LogP contribution in [0.5, 0.6) is 0 Å². The molecular weight excluding hydrogens is 338 g/mol. The van der Waals surface area contributed by atoms with E-state index in [4.69, 9.17) is 0 Å². The second-order valence-corrected chi connectivity index (χ2v) is 6.24. The Morgan fingerprint density at radius 3 is 2.44 bits per heavy atom. The highest BCUT2D eigenvalue weighted by atomic mass is 16.1. The normalized spacial score (nSPS) is 10.3. The van der Waals surface area contributed by atoms with Gasteiger partial charge in [-0.15, -0.1) is 0 Å². The molecule has 0 aliphatic heterocycles. The number of aromatic nitrogens is 2. The van der Waals surface area contributed by atoms with Crippen LogP contribution in [-0.2, 0) is 11.2 Å². The van der Waals surface area contributed by atoms with Crippen LogP contribution in [0.25, 0.3) is 0 Å². The number of nitrogens with one attached hydrogen (secondary N) is 3. The van der Waals surface area contributed by atoms with Gasteiger partial charge in [-0.2, -0.15) is 4.98 Å². The molecule has 3 aromatic rings. The largest absolute Gasteiger partial charge is 0.340 e. The first-order valence-electron chi connectivity index (χ1n) is 8.88. The van der Waals surface area contributed by atoms with Crippen LogP contribution in [0.1, 0.15) is 25.0 Å². The smallest absolute Gasteiger partial charge is 0.229 e. The molecule has 0 fully saturated rings. The minimum Gasteiger partial charge on any atom is -0.340 e. The molecule has 0 unspecified atom stereocenters. The third-order valence-corrected chi connectivity index (χ3v) is 4.11.